The number of amides is 1. The lowest BCUT2D eigenvalue weighted by Crippen LogP contribution is -2.13. The van der Waals surface area contributed by atoms with Gasteiger partial charge < -0.3 is 0 Å². The Bertz CT molecular complexity index is 572. The highest BCUT2D eigenvalue weighted by Crippen LogP contribution is 2.18. The molecule has 1 amide bonds. The molecule has 1 aromatic heterocycles. The molecule has 6 heteroatoms. The van der Waals surface area contributed by atoms with Gasteiger partial charge in [-0.05, 0) is 12.0 Å². The van der Waals surface area contributed by atoms with E-state index >= 15 is 0 Å². The number of anilines is 1. The number of unbranched alkanes of at least 4 members (excludes halogenated alkanes) is 2. The predicted octanol–water partition coefficient (Wildman–Crippen LogP) is 4.14. The highest BCUT2D eigenvalue weighted by atomic mass is 32.2. The van der Waals surface area contributed by atoms with E-state index in [1.54, 1.807) is 11.8 Å². The first-order valence-electron chi connectivity index (χ1n) is 7.52. The molecule has 0 aliphatic heterocycles. The van der Waals surface area contributed by atoms with Gasteiger partial charge in [0.05, 0.1) is 5.75 Å². The second-order valence-corrected chi connectivity index (χ2v) is 7.03. The molecule has 0 fully saturated rings. The Morgan fingerprint density at radius 1 is 1.23 bits per heavy atom. The molecule has 0 bridgehead atoms. The highest BCUT2D eigenvalue weighted by Gasteiger charge is 2.08. The van der Waals surface area contributed by atoms with Gasteiger partial charge in [-0.1, -0.05) is 61.4 Å². The van der Waals surface area contributed by atoms with Crippen molar-refractivity contribution in [2.24, 2.45) is 0 Å². The van der Waals surface area contributed by atoms with Crippen LogP contribution in [0.4, 0.5) is 5.13 Å². The molecule has 1 N–H and O–H groups in total. The zero-order valence-electron chi connectivity index (χ0n) is 12.7. The Kier molecular flexibility index (Phi) is 7.39. The number of aryl methyl sites for hydroxylation is 1. The first-order chi connectivity index (χ1) is 10.8. The minimum absolute atomic E-state index is 0.0165. The van der Waals surface area contributed by atoms with Gasteiger partial charge in [0.15, 0.2) is 0 Å². The van der Waals surface area contributed by atoms with Gasteiger partial charge in [-0.15, -0.1) is 22.0 Å². The Labute approximate surface area is 139 Å². The molecule has 0 aliphatic carbocycles. The first-order valence-corrected chi connectivity index (χ1v) is 9.49. The van der Waals surface area contributed by atoms with Crippen molar-refractivity contribution in [2.45, 2.75) is 38.4 Å². The Balaban J connectivity index is 1.68. The maximum absolute atomic E-state index is 11.9. The fourth-order valence-electron chi connectivity index (χ4n) is 1.92. The fourth-order valence-corrected chi connectivity index (χ4v) is 3.51. The smallest absolute Gasteiger partial charge is 0.236 e. The molecule has 118 valence electrons. The van der Waals surface area contributed by atoms with Gasteiger partial charge in [0.1, 0.15) is 5.01 Å². The second-order valence-electron chi connectivity index (χ2n) is 4.98. The standard InChI is InChI=1S/C16H21N3OS2/c1-2-3-5-10-15-18-19-16(22-15)17-14(20)12-21-11-13-8-6-4-7-9-13/h4,6-9H,2-3,5,10-12H2,1H3,(H,17,19,20). The summed E-state index contributed by atoms with van der Waals surface area (Å²) in [4.78, 5) is 11.9. The summed E-state index contributed by atoms with van der Waals surface area (Å²) >= 11 is 3.08. The van der Waals surface area contributed by atoms with Crippen LogP contribution in [0.2, 0.25) is 0 Å². The van der Waals surface area contributed by atoms with Gasteiger partial charge in [-0.3, -0.25) is 10.1 Å². The molecule has 0 spiro atoms. The predicted molar refractivity (Wildman–Crippen MR) is 94.4 cm³/mol. The molecule has 0 aliphatic rings. The third kappa shape index (κ3) is 6.15. The minimum Gasteiger partial charge on any atom is -0.300 e. The van der Waals surface area contributed by atoms with Crippen LogP contribution in [0.1, 0.15) is 36.8 Å². The van der Waals surface area contributed by atoms with E-state index in [1.807, 2.05) is 18.2 Å². The summed E-state index contributed by atoms with van der Waals surface area (Å²) < 4.78 is 0. The molecule has 2 rings (SSSR count). The van der Waals surface area contributed by atoms with Crippen LogP contribution in [0.3, 0.4) is 0 Å². The summed E-state index contributed by atoms with van der Waals surface area (Å²) in [5, 5.41) is 12.6. The van der Waals surface area contributed by atoms with Crippen molar-refractivity contribution >= 4 is 34.1 Å². The molecule has 1 aromatic carbocycles. The Morgan fingerprint density at radius 3 is 2.82 bits per heavy atom. The Hall–Kier alpha value is -1.40. The maximum Gasteiger partial charge on any atom is 0.236 e. The molecule has 0 unspecified atom stereocenters. The van der Waals surface area contributed by atoms with E-state index in [1.165, 1.54) is 29.7 Å². The normalized spacial score (nSPS) is 10.6. The number of aromatic nitrogens is 2. The summed E-state index contributed by atoms with van der Waals surface area (Å²) in [6, 6.07) is 10.2. The molecule has 0 atom stereocenters. The van der Waals surface area contributed by atoms with Gasteiger partial charge in [-0.2, -0.15) is 0 Å². The first kappa shape index (κ1) is 17.0. The van der Waals surface area contributed by atoms with Gasteiger partial charge in [0.2, 0.25) is 11.0 Å². The molecule has 0 saturated carbocycles. The van der Waals surface area contributed by atoms with Crippen LogP contribution in [-0.4, -0.2) is 21.9 Å². The zero-order valence-corrected chi connectivity index (χ0v) is 14.4. The number of rotatable bonds is 9. The van der Waals surface area contributed by atoms with Crippen LogP contribution in [0.15, 0.2) is 30.3 Å². The van der Waals surface area contributed by atoms with Crippen molar-refractivity contribution in [3.63, 3.8) is 0 Å². The average molecular weight is 335 g/mol. The van der Waals surface area contributed by atoms with Gasteiger partial charge in [0, 0.05) is 12.2 Å². The van der Waals surface area contributed by atoms with Crippen LogP contribution >= 0.6 is 23.1 Å². The van der Waals surface area contributed by atoms with Crippen molar-refractivity contribution in [2.75, 3.05) is 11.1 Å². The fraction of sp³-hybridized carbons (Fsp3) is 0.438. The van der Waals surface area contributed by atoms with E-state index in [4.69, 9.17) is 0 Å². The number of nitrogens with one attached hydrogen (secondary N) is 1. The molecular weight excluding hydrogens is 314 g/mol. The molecule has 1 heterocycles. The van der Waals surface area contributed by atoms with E-state index in [0.717, 1.165) is 23.6 Å². The summed E-state index contributed by atoms with van der Waals surface area (Å²) in [5.74, 6) is 1.25. The second kappa shape index (κ2) is 9.58. The lowest BCUT2D eigenvalue weighted by molar-refractivity contribution is -0.113. The van der Waals surface area contributed by atoms with Crippen molar-refractivity contribution in [3.8, 4) is 0 Å². The monoisotopic (exact) mass is 335 g/mol. The lowest BCUT2D eigenvalue weighted by Gasteiger charge is -2.02. The number of benzene rings is 1. The zero-order chi connectivity index (χ0) is 15.6. The summed E-state index contributed by atoms with van der Waals surface area (Å²) in [6.45, 7) is 2.18. The van der Waals surface area contributed by atoms with Crippen LogP contribution in [0, 0.1) is 0 Å². The van der Waals surface area contributed by atoms with E-state index < -0.39 is 0 Å². The van der Waals surface area contributed by atoms with E-state index in [9.17, 15) is 4.79 Å². The van der Waals surface area contributed by atoms with Crippen LogP contribution in [-0.2, 0) is 17.0 Å². The Morgan fingerprint density at radius 2 is 2.05 bits per heavy atom. The van der Waals surface area contributed by atoms with Crippen molar-refractivity contribution in [1.82, 2.24) is 10.2 Å². The molecule has 2 aromatic rings. The topological polar surface area (TPSA) is 54.9 Å². The van der Waals surface area contributed by atoms with Gasteiger partial charge >= 0.3 is 0 Å². The van der Waals surface area contributed by atoms with Gasteiger partial charge in [-0.25, -0.2) is 0 Å². The SMILES string of the molecule is CCCCCc1nnc(NC(=O)CSCc2ccccc2)s1. The third-order valence-corrected chi connectivity index (χ3v) is 4.95. The number of carbonyl (C=O) groups excluding carboxylic acids is 1. The number of hydrogen-bond acceptors (Lipinski definition) is 5. The van der Waals surface area contributed by atoms with Crippen molar-refractivity contribution in [3.05, 3.63) is 40.9 Å². The van der Waals surface area contributed by atoms with Gasteiger partial charge in [0.25, 0.3) is 0 Å². The van der Waals surface area contributed by atoms with Crippen molar-refractivity contribution in [1.29, 1.82) is 0 Å². The molecular formula is C16H21N3OS2. The van der Waals surface area contributed by atoms with E-state index in [-0.39, 0.29) is 5.91 Å². The number of hydrogen-bond donors (Lipinski definition) is 1. The molecule has 22 heavy (non-hydrogen) atoms. The average Bonchev–Trinajstić information content (AvgIpc) is 2.96. The van der Waals surface area contributed by atoms with E-state index in [2.05, 4.69) is 34.6 Å². The summed E-state index contributed by atoms with van der Waals surface area (Å²) in [5.41, 5.74) is 1.23. The number of nitrogens with zero attached hydrogens (tertiary/aromatic N) is 2. The minimum atomic E-state index is -0.0165. The number of thioether (sulfide) groups is 1. The molecule has 4 nitrogen and oxygen atoms in total. The van der Waals surface area contributed by atoms with E-state index in [0.29, 0.717) is 10.9 Å². The highest BCUT2D eigenvalue weighted by molar-refractivity contribution is 7.99. The third-order valence-electron chi connectivity index (χ3n) is 3.05. The lowest BCUT2D eigenvalue weighted by atomic mass is 10.2. The number of carbonyl (C=O) groups is 1. The summed E-state index contributed by atoms with van der Waals surface area (Å²) in [7, 11) is 0. The molecule has 0 saturated heterocycles. The molecule has 0 radical (unpaired) electrons. The van der Waals surface area contributed by atoms with Crippen LogP contribution < -0.4 is 5.32 Å². The summed E-state index contributed by atoms with van der Waals surface area (Å²) in [6.07, 6.45) is 4.48. The van der Waals surface area contributed by atoms with Crippen LogP contribution in [0.5, 0.6) is 0 Å². The van der Waals surface area contributed by atoms with Crippen LogP contribution in [0.25, 0.3) is 0 Å². The quantitative estimate of drug-likeness (QED) is 0.700. The van der Waals surface area contributed by atoms with Crippen molar-refractivity contribution < 1.29 is 4.79 Å². The maximum atomic E-state index is 11.9. The largest absolute Gasteiger partial charge is 0.300 e.